The Labute approximate surface area is 187 Å². The molecule has 7 heteroatoms. The van der Waals surface area contributed by atoms with Crippen molar-refractivity contribution in [3.8, 4) is 5.75 Å². The number of imide groups is 1. The molecule has 1 aliphatic heterocycles. The van der Waals surface area contributed by atoms with E-state index in [-0.39, 0.29) is 36.3 Å². The molecule has 1 unspecified atom stereocenters. The molecule has 0 aliphatic carbocycles. The summed E-state index contributed by atoms with van der Waals surface area (Å²) in [6.45, 7) is 4.37. The number of Topliss-reactive ketones (excluding diaryl/α,β-unsaturated/α-hetero) is 1. The first-order valence-corrected chi connectivity index (χ1v) is 10.9. The van der Waals surface area contributed by atoms with Crippen LogP contribution in [0, 0.1) is 0 Å². The summed E-state index contributed by atoms with van der Waals surface area (Å²) in [5, 5.41) is 5.22. The minimum Gasteiger partial charge on any atom is -0.494 e. The molecule has 1 atom stereocenters. The molecule has 1 saturated heterocycles. The van der Waals surface area contributed by atoms with Gasteiger partial charge in [-0.3, -0.25) is 24.5 Å². The maximum absolute atomic E-state index is 12.5. The lowest BCUT2D eigenvalue weighted by Gasteiger charge is -2.35. The predicted octanol–water partition coefficient (Wildman–Crippen LogP) is 3.77. The minimum absolute atomic E-state index is 0.0667. The molecule has 2 N–H and O–H groups in total. The van der Waals surface area contributed by atoms with Crippen molar-refractivity contribution in [2.45, 2.75) is 51.4 Å². The molecule has 2 aromatic rings. The Morgan fingerprint density at radius 1 is 1.00 bits per heavy atom. The van der Waals surface area contributed by atoms with Gasteiger partial charge >= 0.3 is 0 Å². The van der Waals surface area contributed by atoms with Crippen molar-refractivity contribution >= 4 is 29.2 Å². The second-order valence-corrected chi connectivity index (χ2v) is 7.82. The summed E-state index contributed by atoms with van der Waals surface area (Å²) in [6.07, 6.45) is 1.52. The van der Waals surface area contributed by atoms with Crippen LogP contribution in [0.3, 0.4) is 0 Å². The fraction of sp³-hybridized carbons (Fsp3) is 0.360. The first-order valence-electron chi connectivity index (χ1n) is 10.9. The van der Waals surface area contributed by atoms with E-state index in [9.17, 15) is 19.2 Å². The van der Waals surface area contributed by atoms with E-state index >= 15 is 0 Å². The zero-order valence-electron chi connectivity index (χ0n) is 18.4. The number of carbonyl (C=O) groups excluding carboxylic acids is 4. The second kappa shape index (κ2) is 10.2. The Kier molecular flexibility index (Phi) is 7.41. The maximum Gasteiger partial charge on any atom is 0.237 e. The van der Waals surface area contributed by atoms with Crippen molar-refractivity contribution < 1.29 is 23.9 Å². The number of benzene rings is 2. The van der Waals surface area contributed by atoms with Crippen LogP contribution >= 0.6 is 0 Å². The van der Waals surface area contributed by atoms with Crippen molar-refractivity contribution in [1.29, 1.82) is 0 Å². The van der Waals surface area contributed by atoms with Gasteiger partial charge < -0.3 is 10.1 Å². The lowest BCUT2D eigenvalue weighted by Crippen LogP contribution is -2.51. The molecule has 7 nitrogen and oxygen atoms in total. The van der Waals surface area contributed by atoms with E-state index in [0.29, 0.717) is 42.9 Å². The highest BCUT2D eigenvalue weighted by molar-refractivity contribution is 6.03. The van der Waals surface area contributed by atoms with Crippen molar-refractivity contribution in [3.63, 3.8) is 0 Å². The monoisotopic (exact) mass is 436 g/mol. The van der Waals surface area contributed by atoms with Crippen LogP contribution in [0.4, 0.5) is 5.69 Å². The Morgan fingerprint density at radius 2 is 1.69 bits per heavy atom. The standard InChI is InChI=1S/C25H28N2O5/c1-3-25(16-15-23(30)27-24(25)31)18-7-9-19(10-8-18)26-22(29)14-13-21(28)17-5-11-20(12-6-17)32-4-2/h5-12H,3-4,13-16H2,1-2H3,(H,26,29)(H,27,30,31). The van der Waals surface area contributed by atoms with Gasteiger partial charge in [0.15, 0.2) is 5.78 Å². The van der Waals surface area contributed by atoms with Gasteiger partial charge in [0, 0.05) is 30.5 Å². The number of nitrogens with one attached hydrogen (secondary N) is 2. The molecule has 3 amide bonds. The number of carbonyl (C=O) groups is 4. The highest BCUT2D eigenvalue weighted by atomic mass is 16.5. The summed E-state index contributed by atoms with van der Waals surface area (Å²) in [5.41, 5.74) is 1.21. The average molecular weight is 437 g/mol. The molecule has 0 bridgehead atoms. The number of ketones is 1. The molecule has 32 heavy (non-hydrogen) atoms. The van der Waals surface area contributed by atoms with E-state index in [1.54, 1.807) is 48.5 Å². The summed E-state index contributed by atoms with van der Waals surface area (Å²) in [4.78, 5) is 48.6. The van der Waals surface area contributed by atoms with Crippen LogP contribution in [0.2, 0.25) is 0 Å². The number of rotatable bonds is 9. The predicted molar refractivity (Wildman–Crippen MR) is 121 cm³/mol. The van der Waals surface area contributed by atoms with Crippen LogP contribution in [-0.2, 0) is 19.8 Å². The van der Waals surface area contributed by atoms with E-state index in [4.69, 9.17) is 4.74 Å². The van der Waals surface area contributed by atoms with Crippen molar-refractivity contribution in [1.82, 2.24) is 5.32 Å². The summed E-state index contributed by atoms with van der Waals surface area (Å²) in [7, 11) is 0. The summed E-state index contributed by atoms with van der Waals surface area (Å²) >= 11 is 0. The molecule has 1 fully saturated rings. The van der Waals surface area contributed by atoms with Gasteiger partial charge in [-0.15, -0.1) is 0 Å². The molecular formula is C25H28N2O5. The highest BCUT2D eigenvalue weighted by Crippen LogP contribution is 2.36. The van der Waals surface area contributed by atoms with E-state index < -0.39 is 5.41 Å². The number of hydrogen-bond acceptors (Lipinski definition) is 5. The Hall–Kier alpha value is -3.48. The molecule has 0 radical (unpaired) electrons. The van der Waals surface area contributed by atoms with Crippen LogP contribution < -0.4 is 15.4 Å². The second-order valence-electron chi connectivity index (χ2n) is 7.82. The molecule has 3 rings (SSSR count). The van der Waals surface area contributed by atoms with Gasteiger partial charge in [0.05, 0.1) is 12.0 Å². The number of anilines is 1. The zero-order chi connectivity index (χ0) is 23.1. The smallest absolute Gasteiger partial charge is 0.237 e. The molecule has 1 aliphatic rings. The first kappa shape index (κ1) is 23.2. The maximum atomic E-state index is 12.5. The summed E-state index contributed by atoms with van der Waals surface area (Å²) in [5.74, 6) is -0.194. The lowest BCUT2D eigenvalue weighted by atomic mass is 9.72. The van der Waals surface area contributed by atoms with Gasteiger partial charge in [-0.05, 0) is 61.7 Å². The van der Waals surface area contributed by atoms with Crippen molar-refractivity contribution in [2.24, 2.45) is 0 Å². The SMILES string of the molecule is CCOc1ccc(C(=O)CCC(=O)Nc2ccc(C3(CC)CCC(=O)NC3=O)cc2)cc1. The topological polar surface area (TPSA) is 102 Å². The molecule has 2 aromatic carbocycles. The lowest BCUT2D eigenvalue weighted by molar-refractivity contribution is -0.138. The third-order valence-electron chi connectivity index (χ3n) is 5.86. The third kappa shape index (κ3) is 5.22. The van der Waals surface area contributed by atoms with Crippen molar-refractivity contribution in [2.75, 3.05) is 11.9 Å². The zero-order valence-corrected chi connectivity index (χ0v) is 18.4. The van der Waals surface area contributed by atoms with E-state index in [1.165, 1.54) is 0 Å². The highest BCUT2D eigenvalue weighted by Gasteiger charge is 2.42. The largest absolute Gasteiger partial charge is 0.494 e. The Balaban J connectivity index is 1.56. The Morgan fingerprint density at radius 3 is 2.28 bits per heavy atom. The van der Waals surface area contributed by atoms with Gasteiger partial charge in [-0.1, -0.05) is 19.1 Å². The molecule has 0 spiro atoms. The van der Waals surface area contributed by atoms with Crippen LogP contribution in [-0.4, -0.2) is 30.1 Å². The van der Waals surface area contributed by atoms with Crippen LogP contribution in [0.5, 0.6) is 5.75 Å². The molecule has 1 heterocycles. The van der Waals surface area contributed by atoms with Crippen LogP contribution in [0.25, 0.3) is 0 Å². The fourth-order valence-electron chi connectivity index (χ4n) is 3.94. The molecular weight excluding hydrogens is 408 g/mol. The quantitative estimate of drug-likeness (QED) is 0.460. The number of ether oxygens (including phenoxy) is 1. The van der Waals surface area contributed by atoms with E-state index in [0.717, 1.165) is 5.56 Å². The van der Waals surface area contributed by atoms with Crippen LogP contribution in [0.15, 0.2) is 48.5 Å². The van der Waals surface area contributed by atoms with E-state index in [1.807, 2.05) is 13.8 Å². The van der Waals surface area contributed by atoms with Gasteiger partial charge in [0.1, 0.15) is 5.75 Å². The molecule has 0 saturated carbocycles. The number of hydrogen-bond donors (Lipinski definition) is 2. The fourth-order valence-corrected chi connectivity index (χ4v) is 3.94. The normalized spacial score (nSPS) is 18.1. The Bertz CT molecular complexity index is 998. The first-order chi connectivity index (χ1) is 15.4. The number of amides is 3. The van der Waals surface area contributed by atoms with Gasteiger partial charge in [-0.25, -0.2) is 0 Å². The van der Waals surface area contributed by atoms with Crippen molar-refractivity contribution in [3.05, 3.63) is 59.7 Å². The molecule has 0 aromatic heterocycles. The third-order valence-corrected chi connectivity index (χ3v) is 5.86. The van der Waals surface area contributed by atoms with Gasteiger partial charge in [0.2, 0.25) is 17.7 Å². The summed E-state index contributed by atoms with van der Waals surface area (Å²) < 4.78 is 5.36. The van der Waals surface area contributed by atoms with Gasteiger partial charge in [-0.2, -0.15) is 0 Å². The molecule has 168 valence electrons. The van der Waals surface area contributed by atoms with E-state index in [2.05, 4.69) is 10.6 Å². The summed E-state index contributed by atoms with van der Waals surface area (Å²) in [6, 6.07) is 14.0. The van der Waals surface area contributed by atoms with Gasteiger partial charge in [0.25, 0.3) is 0 Å². The number of piperidine rings is 1. The van der Waals surface area contributed by atoms with Crippen LogP contribution in [0.1, 0.15) is 61.9 Å². The average Bonchev–Trinajstić information content (AvgIpc) is 2.79. The minimum atomic E-state index is -0.736.